The lowest BCUT2D eigenvalue weighted by Crippen LogP contribution is -2.24. The van der Waals surface area contributed by atoms with Gasteiger partial charge in [-0.3, -0.25) is 0 Å². The number of hydrogen-bond donors (Lipinski definition) is 2. The molecule has 0 aromatic carbocycles. The van der Waals surface area contributed by atoms with E-state index >= 15 is 0 Å². The third-order valence-electron chi connectivity index (χ3n) is 4.64. The standard InChI is InChI=1S/C17H23N3O2S/c1-22-9-11(21)8-18-16-14-12-4-2-3-5-13(12)23-17(14)20-15(19-16)10-6-7-10/h10-11,21H,2-9H2,1H3,(H,18,19,20)/t11-/m0/s1. The molecule has 4 rings (SSSR count). The van der Waals surface area contributed by atoms with Crippen LogP contribution in [-0.4, -0.2) is 41.4 Å². The molecule has 2 aromatic rings. The Morgan fingerprint density at radius 3 is 2.91 bits per heavy atom. The summed E-state index contributed by atoms with van der Waals surface area (Å²) in [5.41, 5.74) is 1.43. The highest BCUT2D eigenvalue weighted by Gasteiger charge is 2.29. The molecule has 0 radical (unpaired) electrons. The molecule has 2 aliphatic carbocycles. The number of aliphatic hydroxyl groups is 1. The van der Waals surface area contributed by atoms with Crippen LogP contribution in [0.2, 0.25) is 0 Å². The van der Waals surface area contributed by atoms with Crippen molar-refractivity contribution in [2.45, 2.75) is 50.5 Å². The molecular formula is C17H23N3O2S. The normalized spacial score (nSPS) is 18.9. The first-order valence-electron chi connectivity index (χ1n) is 8.49. The van der Waals surface area contributed by atoms with E-state index in [0.717, 1.165) is 22.9 Å². The van der Waals surface area contributed by atoms with E-state index in [1.54, 1.807) is 7.11 Å². The van der Waals surface area contributed by atoms with E-state index in [9.17, 15) is 5.11 Å². The van der Waals surface area contributed by atoms with Crippen LogP contribution in [0, 0.1) is 0 Å². The molecule has 5 nitrogen and oxygen atoms in total. The van der Waals surface area contributed by atoms with Crippen molar-refractivity contribution in [3.63, 3.8) is 0 Å². The van der Waals surface area contributed by atoms with Gasteiger partial charge in [0.25, 0.3) is 0 Å². The summed E-state index contributed by atoms with van der Waals surface area (Å²) in [6.07, 6.45) is 6.68. The molecule has 0 saturated heterocycles. The number of aliphatic hydroxyl groups excluding tert-OH is 1. The Bertz CT molecular complexity index is 711. The zero-order valence-electron chi connectivity index (χ0n) is 13.5. The highest BCUT2D eigenvalue weighted by atomic mass is 32.1. The third-order valence-corrected chi connectivity index (χ3v) is 5.82. The van der Waals surface area contributed by atoms with Gasteiger partial charge in [0.15, 0.2) is 0 Å². The van der Waals surface area contributed by atoms with Crippen LogP contribution < -0.4 is 5.32 Å². The van der Waals surface area contributed by atoms with Crippen LogP contribution >= 0.6 is 11.3 Å². The number of thiophene rings is 1. The van der Waals surface area contributed by atoms with Crippen molar-refractivity contribution < 1.29 is 9.84 Å². The van der Waals surface area contributed by atoms with Crippen molar-refractivity contribution >= 4 is 27.4 Å². The number of aromatic nitrogens is 2. The molecule has 0 spiro atoms. The first kappa shape index (κ1) is 15.3. The number of ether oxygens (including phenoxy) is 1. The number of anilines is 1. The fourth-order valence-electron chi connectivity index (χ4n) is 3.29. The van der Waals surface area contributed by atoms with Crippen molar-refractivity contribution in [3.8, 4) is 0 Å². The van der Waals surface area contributed by atoms with Gasteiger partial charge in [-0.1, -0.05) is 0 Å². The molecule has 23 heavy (non-hydrogen) atoms. The van der Waals surface area contributed by atoms with Crippen molar-refractivity contribution in [2.75, 3.05) is 25.6 Å². The maximum atomic E-state index is 9.93. The Morgan fingerprint density at radius 2 is 2.13 bits per heavy atom. The number of fused-ring (bicyclic) bond motifs is 3. The molecule has 1 fully saturated rings. The molecule has 6 heteroatoms. The van der Waals surface area contributed by atoms with Gasteiger partial charge in [-0.2, -0.15) is 0 Å². The summed E-state index contributed by atoms with van der Waals surface area (Å²) < 4.78 is 5.01. The van der Waals surface area contributed by atoms with Crippen LogP contribution in [0.25, 0.3) is 10.2 Å². The lowest BCUT2D eigenvalue weighted by atomic mass is 9.97. The lowest BCUT2D eigenvalue weighted by Gasteiger charge is -2.15. The van der Waals surface area contributed by atoms with Gasteiger partial charge in [-0.25, -0.2) is 9.97 Å². The van der Waals surface area contributed by atoms with Gasteiger partial charge < -0.3 is 15.2 Å². The summed E-state index contributed by atoms with van der Waals surface area (Å²) in [6.45, 7) is 0.785. The molecule has 124 valence electrons. The molecule has 0 unspecified atom stereocenters. The Kier molecular flexibility index (Phi) is 4.22. The number of hydrogen-bond acceptors (Lipinski definition) is 6. The first-order valence-corrected chi connectivity index (χ1v) is 9.31. The van der Waals surface area contributed by atoms with Crippen LogP contribution in [0.15, 0.2) is 0 Å². The number of rotatable bonds is 6. The van der Waals surface area contributed by atoms with Crippen molar-refractivity contribution in [2.24, 2.45) is 0 Å². The molecule has 0 bridgehead atoms. The van der Waals surface area contributed by atoms with Crippen LogP contribution in [0.5, 0.6) is 0 Å². The molecule has 2 aliphatic rings. The van der Waals surface area contributed by atoms with Gasteiger partial charge in [-0.15, -0.1) is 11.3 Å². The van der Waals surface area contributed by atoms with E-state index in [4.69, 9.17) is 14.7 Å². The first-order chi connectivity index (χ1) is 11.3. The topological polar surface area (TPSA) is 67.3 Å². The molecule has 2 N–H and O–H groups in total. The second-order valence-corrected chi connectivity index (χ2v) is 7.67. The number of nitrogens with zero attached hydrogens (tertiary/aromatic N) is 2. The monoisotopic (exact) mass is 333 g/mol. The summed E-state index contributed by atoms with van der Waals surface area (Å²) in [5, 5.41) is 14.5. The highest BCUT2D eigenvalue weighted by molar-refractivity contribution is 7.19. The highest BCUT2D eigenvalue weighted by Crippen LogP contribution is 2.43. The minimum absolute atomic E-state index is 0.332. The van der Waals surface area contributed by atoms with Crippen LogP contribution in [0.1, 0.15) is 47.9 Å². The van der Waals surface area contributed by atoms with E-state index < -0.39 is 6.10 Å². The molecule has 0 aliphatic heterocycles. The van der Waals surface area contributed by atoms with Gasteiger partial charge in [0.05, 0.1) is 18.1 Å². The van der Waals surface area contributed by atoms with E-state index in [2.05, 4.69) is 5.32 Å². The molecular weight excluding hydrogens is 310 g/mol. The van der Waals surface area contributed by atoms with Crippen molar-refractivity contribution in [3.05, 3.63) is 16.3 Å². The van der Waals surface area contributed by atoms with E-state index in [0.29, 0.717) is 19.1 Å². The molecule has 2 heterocycles. The number of aryl methyl sites for hydroxylation is 2. The minimum atomic E-state index is -0.524. The Morgan fingerprint density at radius 1 is 1.30 bits per heavy atom. The SMILES string of the molecule is COC[C@@H](O)CNc1nc(C2CC2)nc2sc3c(c12)CCCC3. The summed E-state index contributed by atoms with van der Waals surface area (Å²) in [4.78, 5) is 12.3. The van der Waals surface area contributed by atoms with Crippen molar-refractivity contribution in [1.29, 1.82) is 0 Å². The maximum absolute atomic E-state index is 9.93. The molecule has 1 saturated carbocycles. The van der Waals surface area contributed by atoms with Crippen LogP contribution in [0.4, 0.5) is 5.82 Å². The fraction of sp³-hybridized carbons (Fsp3) is 0.647. The smallest absolute Gasteiger partial charge is 0.138 e. The Balaban J connectivity index is 1.71. The summed E-state index contributed by atoms with van der Waals surface area (Å²) in [7, 11) is 1.60. The Labute approximate surface area is 140 Å². The average molecular weight is 333 g/mol. The summed E-state index contributed by atoms with van der Waals surface area (Å²) >= 11 is 1.84. The Hall–Kier alpha value is -1.24. The third kappa shape index (κ3) is 3.07. The second kappa shape index (κ2) is 6.34. The largest absolute Gasteiger partial charge is 0.389 e. The zero-order valence-corrected chi connectivity index (χ0v) is 14.3. The van der Waals surface area contributed by atoms with Gasteiger partial charge in [0.1, 0.15) is 16.5 Å². The minimum Gasteiger partial charge on any atom is -0.389 e. The number of methoxy groups -OCH3 is 1. The van der Waals surface area contributed by atoms with Crippen LogP contribution in [-0.2, 0) is 17.6 Å². The quantitative estimate of drug-likeness (QED) is 0.851. The summed E-state index contributed by atoms with van der Waals surface area (Å²) in [5.74, 6) is 2.41. The van der Waals surface area contributed by atoms with E-state index in [1.807, 2.05) is 11.3 Å². The summed E-state index contributed by atoms with van der Waals surface area (Å²) in [6, 6.07) is 0. The lowest BCUT2D eigenvalue weighted by molar-refractivity contribution is 0.0727. The predicted octanol–water partition coefficient (Wildman–Crippen LogP) is 2.87. The number of nitrogens with one attached hydrogen (secondary N) is 1. The molecule has 2 aromatic heterocycles. The van der Waals surface area contributed by atoms with Gasteiger partial charge in [0.2, 0.25) is 0 Å². The molecule has 1 atom stereocenters. The van der Waals surface area contributed by atoms with E-state index in [1.165, 1.54) is 47.9 Å². The molecule has 0 amide bonds. The van der Waals surface area contributed by atoms with E-state index in [-0.39, 0.29) is 0 Å². The second-order valence-electron chi connectivity index (χ2n) is 6.59. The zero-order chi connectivity index (χ0) is 15.8. The maximum Gasteiger partial charge on any atom is 0.138 e. The van der Waals surface area contributed by atoms with Gasteiger partial charge >= 0.3 is 0 Å². The fourth-order valence-corrected chi connectivity index (χ4v) is 4.56. The average Bonchev–Trinajstić information content (AvgIpc) is 3.33. The van der Waals surface area contributed by atoms with Crippen LogP contribution in [0.3, 0.4) is 0 Å². The van der Waals surface area contributed by atoms with Gasteiger partial charge in [-0.05, 0) is 44.1 Å². The van der Waals surface area contributed by atoms with Crippen molar-refractivity contribution in [1.82, 2.24) is 9.97 Å². The predicted molar refractivity (Wildman–Crippen MR) is 92.4 cm³/mol. The van der Waals surface area contributed by atoms with Gasteiger partial charge in [0, 0.05) is 24.4 Å².